The number of nitro groups is 1. The van der Waals surface area contributed by atoms with E-state index in [1.807, 2.05) is 0 Å². The molecular weight excluding hydrogens is 341 g/mol. The summed E-state index contributed by atoms with van der Waals surface area (Å²) in [6, 6.07) is 11.2. The Kier molecular flexibility index (Phi) is 4.22. The number of non-ortho nitro benzene ring substituents is 1. The number of nitrogens with zero attached hydrogens (tertiary/aromatic N) is 5. The average Bonchev–Trinajstić information content (AvgIpc) is 2.99. The van der Waals surface area contributed by atoms with E-state index in [0.717, 1.165) is 0 Å². The van der Waals surface area contributed by atoms with Gasteiger partial charge in [0.25, 0.3) is 5.69 Å². The normalized spacial score (nSPS) is 10.7. The summed E-state index contributed by atoms with van der Waals surface area (Å²) in [5, 5.41) is 23.3. The van der Waals surface area contributed by atoms with E-state index in [9.17, 15) is 10.1 Å². The first-order chi connectivity index (χ1) is 11.1. The first kappa shape index (κ1) is 15.4. The highest BCUT2D eigenvalue weighted by Gasteiger charge is 2.14. The van der Waals surface area contributed by atoms with Gasteiger partial charge in [-0.25, -0.2) is 4.68 Å². The molecule has 3 rings (SSSR count). The summed E-state index contributed by atoms with van der Waals surface area (Å²) >= 11 is 12.3. The topological polar surface area (TPSA) is 86.7 Å². The summed E-state index contributed by atoms with van der Waals surface area (Å²) in [6.07, 6.45) is 0. The Morgan fingerprint density at radius 2 is 1.74 bits per heavy atom. The minimum Gasteiger partial charge on any atom is -0.258 e. The summed E-state index contributed by atoms with van der Waals surface area (Å²) < 4.78 is 1.54. The number of rotatable bonds is 4. The molecule has 23 heavy (non-hydrogen) atoms. The van der Waals surface area contributed by atoms with Crippen molar-refractivity contribution in [3.63, 3.8) is 0 Å². The second-order valence-electron chi connectivity index (χ2n) is 4.66. The maximum atomic E-state index is 10.7. The number of hydrogen-bond acceptors (Lipinski definition) is 5. The minimum absolute atomic E-state index is 0.00178. The molecule has 0 aliphatic carbocycles. The summed E-state index contributed by atoms with van der Waals surface area (Å²) in [4.78, 5) is 10.3. The van der Waals surface area contributed by atoms with Gasteiger partial charge in [-0.1, -0.05) is 29.3 Å². The van der Waals surface area contributed by atoms with Crippen molar-refractivity contribution in [3.05, 3.63) is 68.2 Å². The third kappa shape index (κ3) is 3.15. The predicted molar refractivity (Wildman–Crippen MR) is 85.5 cm³/mol. The van der Waals surface area contributed by atoms with Crippen molar-refractivity contribution < 1.29 is 4.92 Å². The lowest BCUT2D eigenvalue weighted by molar-refractivity contribution is -0.384. The van der Waals surface area contributed by atoms with Crippen LogP contribution < -0.4 is 0 Å². The van der Waals surface area contributed by atoms with Crippen LogP contribution in [0.25, 0.3) is 11.4 Å². The van der Waals surface area contributed by atoms with Gasteiger partial charge in [-0.2, -0.15) is 0 Å². The number of tetrazole rings is 1. The van der Waals surface area contributed by atoms with Gasteiger partial charge in [0.2, 0.25) is 0 Å². The first-order valence-electron chi connectivity index (χ1n) is 6.50. The van der Waals surface area contributed by atoms with E-state index in [-0.39, 0.29) is 12.2 Å². The molecule has 1 aromatic heterocycles. The Labute approximate surface area is 140 Å². The summed E-state index contributed by atoms with van der Waals surface area (Å²) in [7, 11) is 0. The molecule has 2 aromatic carbocycles. The molecule has 0 radical (unpaired) electrons. The summed E-state index contributed by atoms with van der Waals surface area (Å²) in [5.74, 6) is 0.468. The molecule has 9 heteroatoms. The van der Waals surface area contributed by atoms with Crippen LogP contribution in [0.3, 0.4) is 0 Å². The number of halogens is 2. The van der Waals surface area contributed by atoms with Crippen molar-refractivity contribution >= 4 is 28.9 Å². The average molecular weight is 350 g/mol. The molecule has 0 bridgehead atoms. The fraction of sp³-hybridized carbons (Fsp3) is 0.0714. The molecule has 116 valence electrons. The SMILES string of the molecule is O=[N+]([O-])c1ccc(-c2nnnn2Cc2c(Cl)cccc2Cl)cc1. The number of benzene rings is 2. The third-order valence-electron chi connectivity index (χ3n) is 3.24. The van der Waals surface area contributed by atoms with E-state index in [4.69, 9.17) is 23.2 Å². The van der Waals surface area contributed by atoms with Crippen LogP contribution in [0.1, 0.15) is 5.56 Å². The molecule has 0 spiro atoms. The molecule has 0 saturated carbocycles. The van der Waals surface area contributed by atoms with Crippen LogP contribution in [0.4, 0.5) is 5.69 Å². The second-order valence-corrected chi connectivity index (χ2v) is 5.48. The quantitative estimate of drug-likeness (QED) is 0.530. The van der Waals surface area contributed by atoms with Gasteiger partial charge in [0, 0.05) is 33.3 Å². The van der Waals surface area contributed by atoms with Crippen molar-refractivity contribution in [3.8, 4) is 11.4 Å². The summed E-state index contributed by atoms with van der Waals surface area (Å²) in [6.45, 7) is 0.290. The van der Waals surface area contributed by atoms with Gasteiger partial charge in [-0.15, -0.1) is 5.10 Å². The highest BCUT2D eigenvalue weighted by Crippen LogP contribution is 2.27. The lowest BCUT2D eigenvalue weighted by Crippen LogP contribution is -2.05. The molecule has 7 nitrogen and oxygen atoms in total. The van der Waals surface area contributed by atoms with Crippen molar-refractivity contribution in [2.45, 2.75) is 6.54 Å². The van der Waals surface area contributed by atoms with Crippen LogP contribution in [0.15, 0.2) is 42.5 Å². The van der Waals surface area contributed by atoms with Crippen LogP contribution in [0, 0.1) is 10.1 Å². The van der Waals surface area contributed by atoms with Gasteiger partial charge in [0.1, 0.15) is 0 Å². The number of aromatic nitrogens is 4. The van der Waals surface area contributed by atoms with Gasteiger partial charge < -0.3 is 0 Å². The molecule has 0 aliphatic heterocycles. The molecule has 0 N–H and O–H groups in total. The molecule has 0 atom stereocenters. The van der Waals surface area contributed by atoms with Crippen LogP contribution >= 0.6 is 23.2 Å². The standard InChI is InChI=1S/C14H9Cl2N5O2/c15-12-2-1-3-13(16)11(12)8-20-14(17-18-19-20)9-4-6-10(7-5-9)21(22)23/h1-7H,8H2. The van der Waals surface area contributed by atoms with E-state index >= 15 is 0 Å². The maximum Gasteiger partial charge on any atom is 0.269 e. The van der Waals surface area contributed by atoms with Crippen LogP contribution in [0.2, 0.25) is 10.0 Å². The van der Waals surface area contributed by atoms with Crippen molar-refractivity contribution in [2.24, 2.45) is 0 Å². The Morgan fingerprint density at radius 1 is 1.09 bits per heavy atom. The van der Waals surface area contributed by atoms with Gasteiger partial charge in [-0.05, 0) is 34.7 Å². The van der Waals surface area contributed by atoms with Crippen molar-refractivity contribution in [1.82, 2.24) is 20.2 Å². The molecular formula is C14H9Cl2N5O2. The van der Waals surface area contributed by atoms with Crippen LogP contribution in [0.5, 0.6) is 0 Å². The van der Waals surface area contributed by atoms with E-state index in [1.54, 1.807) is 30.3 Å². The minimum atomic E-state index is -0.462. The largest absolute Gasteiger partial charge is 0.269 e. The Balaban J connectivity index is 1.95. The Hall–Kier alpha value is -2.51. The zero-order valence-electron chi connectivity index (χ0n) is 11.6. The zero-order chi connectivity index (χ0) is 16.4. The number of nitro benzene ring substituents is 1. The highest BCUT2D eigenvalue weighted by atomic mass is 35.5. The molecule has 0 saturated heterocycles. The predicted octanol–water partition coefficient (Wildman–Crippen LogP) is 3.60. The molecule has 0 unspecified atom stereocenters. The molecule has 1 heterocycles. The lowest BCUT2D eigenvalue weighted by Gasteiger charge is -2.08. The molecule has 0 fully saturated rings. The van der Waals surface area contributed by atoms with E-state index in [0.29, 0.717) is 27.0 Å². The third-order valence-corrected chi connectivity index (χ3v) is 3.95. The van der Waals surface area contributed by atoms with Crippen LogP contribution in [-0.4, -0.2) is 25.1 Å². The lowest BCUT2D eigenvalue weighted by atomic mass is 10.2. The Bertz CT molecular complexity index is 844. The molecule has 0 aliphatic rings. The smallest absolute Gasteiger partial charge is 0.258 e. The fourth-order valence-electron chi connectivity index (χ4n) is 2.08. The van der Waals surface area contributed by atoms with E-state index in [1.165, 1.54) is 16.8 Å². The van der Waals surface area contributed by atoms with E-state index < -0.39 is 4.92 Å². The second kappa shape index (κ2) is 6.31. The van der Waals surface area contributed by atoms with Gasteiger partial charge >= 0.3 is 0 Å². The highest BCUT2D eigenvalue weighted by molar-refractivity contribution is 6.35. The first-order valence-corrected chi connectivity index (χ1v) is 7.26. The molecule has 0 amide bonds. The van der Waals surface area contributed by atoms with Crippen molar-refractivity contribution in [1.29, 1.82) is 0 Å². The van der Waals surface area contributed by atoms with Gasteiger partial charge in [-0.3, -0.25) is 10.1 Å². The van der Waals surface area contributed by atoms with Gasteiger partial charge in [0.05, 0.1) is 11.5 Å². The van der Waals surface area contributed by atoms with Crippen LogP contribution in [-0.2, 0) is 6.54 Å². The molecule has 3 aromatic rings. The fourth-order valence-corrected chi connectivity index (χ4v) is 2.60. The van der Waals surface area contributed by atoms with Crippen molar-refractivity contribution in [2.75, 3.05) is 0 Å². The summed E-state index contributed by atoms with van der Waals surface area (Å²) in [5.41, 5.74) is 1.36. The zero-order valence-corrected chi connectivity index (χ0v) is 13.1. The van der Waals surface area contributed by atoms with Gasteiger partial charge in [0.15, 0.2) is 5.82 Å². The maximum absolute atomic E-state index is 10.7. The van der Waals surface area contributed by atoms with E-state index in [2.05, 4.69) is 15.5 Å². The Morgan fingerprint density at radius 3 is 2.35 bits per heavy atom. The monoisotopic (exact) mass is 349 g/mol. The number of hydrogen-bond donors (Lipinski definition) is 0.